The monoisotopic (exact) mass is 201 g/mol. The maximum Gasteiger partial charge on any atom is 0.139 e. The molecule has 1 heterocycles. The second kappa shape index (κ2) is 5.11. The summed E-state index contributed by atoms with van der Waals surface area (Å²) >= 11 is 0. The number of furan rings is 1. The van der Waals surface area contributed by atoms with Gasteiger partial charge in [-0.25, -0.2) is 0 Å². The molecule has 0 saturated carbocycles. The topological polar surface area (TPSA) is 85.9 Å². The third-order valence-electron chi connectivity index (χ3n) is 1.91. The van der Waals surface area contributed by atoms with Gasteiger partial charge in [0.1, 0.15) is 24.2 Å². The van der Waals surface area contributed by atoms with E-state index < -0.39 is 12.2 Å². The second-order valence-corrected chi connectivity index (χ2v) is 3.03. The van der Waals surface area contributed by atoms with Crippen molar-refractivity contribution < 1.29 is 19.7 Å². The zero-order valence-corrected chi connectivity index (χ0v) is 7.97. The summed E-state index contributed by atoms with van der Waals surface area (Å²) in [6, 6.07) is 3.10. The first-order chi connectivity index (χ1) is 6.69. The Labute approximate surface area is 82.0 Å². The normalized spacial score (nSPS) is 15.4. The Morgan fingerprint density at radius 2 is 2.14 bits per heavy atom. The van der Waals surface area contributed by atoms with Crippen LogP contribution in [0.4, 0.5) is 0 Å². The van der Waals surface area contributed by atoms with Gasteiger partial charge in [0.05, 0.1) is 6.10 Å². The first kappa shape index (κ1) is 11.2. The molecule has 2 unspecified atom stereocenters. The summed E-state index contributed by atoms with van der Waals surface area (Å²) in [5, 5.41) is 30.4. The molecule has 0 bridgehead atoms. The van der Waals surface area contributed by atoms with Gasteiger partial charge >= 0.3 is 0 Å². The fourth-order valence-corrected chi connectivity index (χ4v) is 1.15. The van der Waals surface area contributed by atoms with Crippen LogP contribution in [0.5, 0.6) is 0 Å². The SMILES string of the molecule is CNCC(O)C(O)c1ccc(CO)o1. The molecule has 14 heavy (non-hydrogen) atoms. The number of nitrogens with one attached hydrogen (secondary N) is 1. The van der Waals surface area contributed by atoms with Crippen molar-refractivity contribution in [3.05, 3.63) is 23.7 Å². The van der Waals surface area contributed by atoms with E-state index in [-0.39, 0.29) is 18.9 Å². The lowest BCUT2D eigenvalue weighted by Gasteiger charge is -2.14. The van der Waals surface area contributed by atoms with Crippen LogP contribution in [0.15, 0.2) is 16.5 Å². The predicted octanol–water partition coefficient (Wildman–Crippen LogP) is -0.614. The zero-order chi connectivity index (χ0) is 10.6. The quantitative estimate of drug-likeness (QED) is 0.510. The van der Waals surface area contributed by atoms with Gasteiger partial charge < -0.3 is 25.1 Å². The van der Waals surface area contributed by atoms with Crippen LogP contribution in [0.2, 0.25) is 0 Å². The first-order valence-electron chi connectivity index (χ1n) is 4.39. The number of aliphatic hydroxyl groups is 3. The molecule has 2 atom stereocenters. The van der Waals surface area contributed by atoms with Gasteiger partial charge in [-0.3, -0.25) is 0 Å². The molecule has 0 aromatic carbocycles. The molecular formula is C9H15NO4. The maximum atomic E-state index is 9.56. The summed E-state index contributed by atoms with van der Waals surface area (Å²) in [4.78, 5) is 0. The summed E-state index contributed by atoms with van der Waals surface area (Å²) in [5.74, 6) is 0.632. The van der Waals surface area contributed by atoms with Gasteiger partial charge in [-0.05, 0) is 19.2 Å². The van der Waals surface area contributed by atoms with Crippen molar-refractivity contribution in [2.24, 2.45) is 0 Å². The summed E-state index contributed by atoms with van der Waals surface area (Å²) in [7, 11) is 1.68. The van der Waals surface area contributed by atoms with Gasteiger partial charge in [-0.2, -0.15) is 0 Å². The van der Waals surface area contributed by atoms with Gasteiger partial charge in [0, 0.05) is 6.54 Å². The van der Waals surface area contributed by atoms with E-state index in [2.05, 4.69) is 5.32 Å². The molecule has 0 saturated heterocycles. The molecule has 0 amide bonds. The molecule has 0 spiro atoms. The molecule has 4 N–H and O–H groups in total. The highest BCUT2D eigenvalue weighted by atomic mass is 16.4. The Balaban J connectivity index is 2.63. The fourth-order valence-electron chi connectivity index (χ4n) is 1.15. The van der Waals surface area contributed by atoms with E-state index in [1.807, 2.05) is 0 Å². The van der Waals surface area contributed by atoms with Gasteiger partial charge in [0.2, 0.25) is 0 Å². The average molecular weight is 201 g/mol. The van der Waals surface area contributed by atoms with Crippen LogP contribution >= 0.6 is 0 Å². The Morgan fingerprint density at radius 1 is 1.43 bits per heavy atom. The van der Waals surface area contributed by atoms with Crippen molar-refractivity contribution in [3.63, 3.8) is 0 Å². The molecule has 1 rings (SSSR count). The van der Waals surface area contributed by atoms with Crippen LogP contribution in [0, 0.1) is 0 Å². The van der Waals surface area contributed by atoms with Gasteiger partial charge in [0.25, 0.3) is 0 Å². The lowest BCUT2D eigenvalue weighted by atomic mass is 10.1. The molecule has 80 valence electrons. The van der Waals surface area contributed by atoms with E-state index in [0.717, 1.165) is 0 Å². The fraction of sp³-hybridized carbons (Fsp3) is 0.556. The highest BCUT2D eigenvalue weighted by molar-refractivity contribution is 5.09. The average Bonchev–Trinajstić information content (AvgIpc) is 2.65. The van der Waals surface area contributed by atoms with Crippen LogP contribution in [-0.2, 0) is 6.61 Å². The third kappa shape index (κ3) is 2.55. The lowest BCUT2D eigenvalue weighted by molar-refractivity contribution is 0.00610. The standard InChI is InChI=1S/C9H15NO4/c1-10-4-7(12)9(13)8-3-2-6(5-11)14-8/h2-3,7,9-13H,4-5H2,1H3. The molecule has 5 heteroatoms. The van der Waals surface area contributed by atoms with E-state index in [1.165, 1.54) is 6.07 Å². The summed E-state index contributed by atoms with van der Waals surface area (Å²) in [5.41, 5.74) is 0. The number of likely N-dealkylation sites (N-methyl/N-ethyl adjacent to an activating group) is 1. The van der Waals surface area contributed by atoms with E-state index in [1.54, 1.807) is 13.1 Å². The Morgan fingerprint density at radius 3 is 2.64 bits per heavy atom. The van der Waals surface area contributed by atoms with Crippen molar-refractivity contribution >= 4 is 0 Å². The molecule has 0 aliphatic carbocycles. The first-order valence-corrected chi connectivity index (χ1v) is 4.39. The minimum atomic E-state index is -1.07. The minimum absolute atomic E-state index is 0.213. The van der Waals surface area contributed by atoms with Crippen molar-refractivity contribution in [3.8, 4) is 0 Å². The summed E-state index contributed by atoms with van der Waals surface area (Å²) < 4.78 is 5.07. The summed E-state index contributed by atoms with van der Waals surface area (Å²) in [6.45, 7) is 0.0607. The van der Waals surface area contributed by atoms with Crippen molar-refractivity contribution in [1.82, 2.24) is 5.32 Å². The molecule has 1 aromatic heterocycles. The van der Waals surface area contributed by atoms with E-state index in [4.69, 9.17) is 9.52 Å². The Bertz CT molecular complexity index is 274. The van der Waals surface area contributed by atoms with Crippen LogP contribution in [0.25, 0.3) is 0 Å². The largest absolute Gasteiger partial charge is 0.461 e. The van der Waals surface area contributed by atoms with E-state index in [9.17, 15) is 10.2 Å². The third-order valence-corrected chi connectivity index (χ3v) is 1.91. The zero-order valence-electron chi connectivity index (χ0n) is 7.97. The van der Waals surface area contributed by atoms with Crippen LogP contribution < -0.4 is 5.32 Å². The second-order valence-electron chi connectivity index (χ2n) is 3.03. The molecular weight excluding hydrogens is 186 g/mol. The predicted molar refractivity (Wildman–Crippen MR) is 49.5 cm³/mol. The number of hydrogen-bond acceptors (Lipinski definition) is 5. The molecule has 0 aliphatic heterocycles. The number of aliphatic hydroxyl groups excluding tert-OH is 3. The molecule has 0 radical (unpaired) electrons. The van der Waals surface area contributed by atoms with Gasteiger partial charge in [0.15, 0.2) is 0 Å². The molecule has 0 aliphatic rings. The number of rotatable bonds is 5. The van der Waals surface area contributed by atoms with Crippen molar-refractivity contribution in [2.45, 2.75) is 18.8 Å². The molecule has 0 fully saturated rings. The number of hydrogen-bond donors (Lipinski definition) is 4. The highest BCUT2D eigenvalue weighted by Gasteiger charge is 2.20. The van der Waals surface area contributed by atoms with Crippen molar-refractivity contribution in [1.29, 1.82) is 0 Å². The minimum Gasteiger partial charge on any atom is -0.461 e. The Kier molecular flexibility index (Phi) is 4.09. The highest BCUT2D eigenvalue weighted by Crippen LogP contribution is 2.19. The lowest BCUT2D eigenvalue weighted by Crippen LogP contribution is -2.29. The maximum absolute atomic E-state index is 9.56. The van der Waals surface area contributed by atoms with Crippen LogP contribution in [-0.4, -0.2) is 35.0 Å². The summed E-state index contributed by atoms with van der Waals surface area (Å²) in [6.07, 6.45) is -1.99. The van der Waals surface area contributed by atoms with E-state index >= 15 is 0 Å². The molecule has 5 nitrogen and oxygen atoms in total. The smallest absolute Gasteiger partial charge is 0.139 e. The van der Waals surface area contributed by atoms with Gasteiger partial charge in [-0.1, -0.05) is 0 Å². The molecule has 1 aromatic rings. The Hall–Kier alpha value is -0.880. The van der Waals surface area contributed by atoms with Gasteiger partial charge in [-0.15, -0.1) is 0 Å². The van der Waals surface area contributed by atoms with E-state index in [0.29, 0.717) is 5.76 Å². The van der Waals surface area contributed by atoms with Crippen LogP contribution in [0.1, 0.15) is 17.6 Å². The van der Waals surface area contributed by atoms with Crippen LogP contribution in [0.3, 0.4) is 0 Å². The van der Waals surface area contributed by atoms with Crippen molar-refractivity contribution in [2.75, 3.05) is 13.6 Å².